The Labute approximate surface area is 165 Å². The van der Waals surface area contributed by atoms with Crippen LogP contribution < -0.4 is 4.90 Å². The average molecular weight is 399 g/mol. The minimum absolute atomic E-state index is 0.177. The summed E-state index contributed by atoms with van der Waals surface area (Å²) in [6.45, 7) is 6.01. The number of carboxylic acid groups (broad SMARTS) is 1. The zero-order valence-corrected chi connectivity index (χ0v) is 16.5. The van der Waals surface area contributed by atoms with Crippen LogP contribution in [0.3, 0.4) is 0 Å². The predicted molar refractivity (Wildman–Crippen MR) is 106 cm³/mol. The lowest BCUT2D eigenvalue weighted by molar-refractivity contribution is -0.139. The van der Waals surface area contributed by atoms with Crippen LogP contribution in [0.25, 0.3) is 21.6 Å². The van der Waals surface area contributed by atoms with Crippen molar-refractivity contribution in [2.24, 2.45) is 0 Å². The molecule has 146 valence electrons. The van der Waals surface area contributed by atoms with Gasteiger partial charge in [0.25, 0.3) is 0 Å². The van der Waals surface area contributed by atoms with Crippen LogP contribution in [0.4, 0.5) is 5.82 Å². The van der Waals surface area contributed by atoms with Gasteiger partial charge in [0.15, 0.2) is 0 Å². The van der Waals surface area contributed by atoms with E-state index in [9.17, 15) is 9.90 Å². The van der Waals surface area contributed by atoms with Crippen LogP contribution in [-0.2, 0) is 14.9 Å². The van der Waals surface area contributed by atoms with Crippen LogP contribution in [0.5, 0.6) is 0 Å². The number of H-pyrrole nitrogens is 1. The number of aryl methyl sites for hydroxylation is 1. The fourth-order valence-electron chi connectivity index (χ4n) is 3.92. The van der Waals surface area contributed by atoms with E-state index in [1.165, 1.54) is 11.5 Å². The summed E-state index contributed by atoms with van der Waals surface area (Å²) in [5.41, 5.74) is 3.16. The second kappa shape index (κ2) is 6.25. The molecule has 3 aromatic heterocycles. The first kappa shape index (κ1) is 17.6. The third-order valence-corrected chi connectivity index (χ3v) is 6.58. The molecule has 1 aliphatic carbocycles. The molecule has 1 saturated carbocycles. The molecule has 5 rings (SSSR count). The molecule has 4 heterocycles. The molecule has 1 saturated heterocycles. The molecule has 0 bridgehead atoms. The molecular formula is C19H21N5O3S. The Morgan fingerprint density at radius 1 is 1.43 bits per heavy atom. The maximum absolute atomic E-state index is 12.1. The average Bonchev–Trinajstić information content (AvgIpc) is 3.22. The van der Waals surface area contributed by atoms with Crippen molar-refractivity contribution in [3.8, 4) is 11.4 Å². The number of anilines is 1. The topological polar surface area (TPSA) is 104 Å². The quantitative estimate of drug-likeness (QED) is 0.695. The van der Waals surface area contributed by atoms with Crippen molar-refractivity contribution in [3.05, 3.63) is 23.4 Å². The summed E-state index contributed by atoms with van der Waals surface area (Å²) in [6, 6.07) is 4.08. The SMILES string of the molecule is Cc1cc(-c2nsc3c(C4(C(=O)O)CC4)cc(N4CCOC[C@H]4C)nc23)[nH]n1. The Kier molecular flexibility index (Phi) is 3.92. The normalized spacial score (nSPS) is 21.2. The lowest BCUT2D eigenvalue weighted by atomic mass is 9.95. The summed E-state index contributed by atoms with van der Waals surface area (Å²) in [4.78, 5) is 19.2. The highest BCUT2D eigenvalue weighted by Gasteiger charge is 2.53. The summed E-state index contributed by atoms with van der Waals surface area (Å²) >= 11 is 1.32. The van der Waals surface area contributed by atoms with E-state index in [1.807, 2.05) is 19.1 Å². The van der Waals surface area contributed by atoms with Crippen molar-refractivity contribution in [3.63, 3.8) is 0 Å². The van der Waals surface area contributed by atoms with E-state index in [4.69, 9.17) is 9.72 Å². The predicted octanol–water partition coefficient (Wildman–Crippen LogP) is 2.73. The number of rotatable bonds is 4. The van der Waals surface area contributed by atoms with E-state index < -0.39 is 11.4 Å². The van der Waals surface area contributed by atoms with Gasteiger partial charge in [-0.1, -0.05) is 0 Å². The van der Waals surface area contributed by atoms with Crippen LogP contribution in [0.15, 0.2) is 12.1 Å². The Morgan fingerprint density at radius 3 is 2.89 bits per heavy atom. The first-order valence-electron chi connectivity index (χ1n) is 9.41. The second-order valence-electron chi connectivity index (χ2n) is 7.66. The van der Waals surface area contributed by atoms with Gasteiger partial charge in [-0.05, 0) is 55.9 Å². The third kappa shape index (κ3) is 2.61. The molecule has 0 unspecified atom stereocenters. The first-order valence-corrected chi connectivity index (χ1v) is 10.2. The van der Waals surface area contributed by atoms with Gasteiger partial charge in [-0.2, -0.15) is 9.47 Å². The molecule has 0 radical (unpaired) electrons. The molecule has 0 aromatic carbocycles. The molecule has 0 spiro atoms. The molecule has 8 nitrogen and oxygen atoms in total. The maximum atomic E-state index is 12.1. The number of aliphatic carboxylic acids is 1. The number of carbonyl (C=O) groups is 1. The Morgan fingerprint density at radius 2 is 2.25 bits per heavy atom. The highest BCUT2D eigenvalue weighted by Crippen LogP contribution is 2.52. The van der Waals surface area contributed by atoms with Gasteiger partial charge in [0.05, 0.1) is 40.8 Å². The van der Waals surface area contributed by atoms with Gasteiger partial charge in [0.2, 0.25) is 0 Å². The Balaban J connectivity index is 1.73. The van der Waals surface area contributed by atoms with Gasteiger partial charge >= 0.3 is 5.97 Å². The van der Waals surface area contributed by atoms with Gasteiger partial charge in [-0.3, -0.25) is 9.89 Å². The highest BCUT2D eigenvalue weighted by molar-refractivity contribution is 7.13. The number of nitrogens with zero attached hydrogens (tertiary/aromatic N) is 4. The van der Waals surface area contributed by atoms with Gasteiger partial charge in [0.1, 0.15) is 17.0 Å². The first-order chi connectivity index (χ1) is 13.5. The van der Waals surface area contributed by atoms with Crippen molar-refractivity contribution >= 4 is 33.5 Å². The fraction of sp³-hybridized carbons (Fsp3) is 0.474. The van der Waals surface area contributed by atoms with Crippen LogP contribution in [0, 0.1) is 6.92 Å². The minimum Gasteiger partial charge on any atom is -0.481 e. The van der Waals surface area contributed by atoms with E-state index in [-0.39, 0.29) is 6.04 Å². The van der Waals surface area contributed by atoms with E-state index in [2.05, 4.69) is 26.4 Å². The molecule has 9 heteroatoms. The fourth-order valence-corrected chi connectivity index (χ4v) is 4.87. The van der Waals surface area contributed by atoms with Gasteiger partial charge in [-0.15, -0.1) is 0 Å². The standard InChI is InChI=1S/C19H21N5O3S/c1-10-7-13(22-21-10)15-16-17(28-23-15)12(19(3-4-19)18(25)26)8-14(20-16)24-5-6-27-9-11(24)2/h7-8,11H,3-6,9H2,1-2H3,(H,21,22)(H,25,26)/t11-/m1/s1. The number of morpholine rings is 1. The van der Waals surface area contributed by atoms with Crippen molar-refractivity contribution in [2.45, 2.75) is 38.1 Å². The lowest BCUT2D eigenvalue weighted by Gasteiger charge is -2.34. The summed E-state index contributed by atoms with van der Waals surface area (Å²) in [5.74, 6) is 0.0248. The molecule has 3 aromatic rings. The molecule has 2 fully saturated rings. The summed E-state index contributed by atoms with van der Waals surface area (Å²) in [5, 5.41) is 17.1. The second-order valence-corrected chi connectivity index (χ2v) is 8.44. The third-order valence-electron chi connectivity index (χ3n) is 5.71. The van der Waals surface area contributed by atoms with Crippen LogP contribution >= 0.6 is 11.5 Å². The van der Waals surface area contributed by atoms with Gasteiger partial charge in [-0.25, -0.2) is 4.98 Å². The number of aromatic amines is 1. The largest absolute Gasteiger partial charge is 0.481 e. The molecule has 2 aliphatic rings. The number of hydrogen-bond acceptors (Lipinski definition) is 7. The zero-order valence-electron chi connectivity index (χ0n) is 15.7. The van der Waals surface area contributed by atoms with E-state index in [0.29, 0.717) is 26.1 Å². The molecule has 1 atom stereocenters. The Bertz CT molecular complexity index is 1070. The molecule has 0 amide bonds. The number of aromatic nitrogens is 4. The molecular weight excluding hydrogens is 378 g/mol. The van der Waals surface area contributed by atoms with Crippen LogP contribution in [0.2, 0.25) is 0 Å². The van der Waals surface area contributed by atoms with Gasteiger partial charge < -0.3 is 14.7 Å². The van der Waals surface area contributed by atoms with Crippen LogP contribution in [-0.4, -0.2) is 56.4 Å². The Hall–Kier alpha value is -2.52. The molecule has 1 aliphatic heterocycles. The van der Waals surface area contributed by atoms with Crippen molar-refractivity contribution in [1.29, 1.82) is 0 Å². The monoisotopic (exact) mass is 399 g/mol. The highest BCUT2D eigenvalue weighted by atomic mass is 32.1. The van der Waals surface area contributed by atoms with E-state index >= 15 is 0 Å². The maximum Gasteiger partial charge on any atom is 0.314 e. The summed E-state index contributed by atoms with van der Waals surface area (Å²) < 4.78 is 11.0. The minimum atomic E-state index is -0.820. The van der Waals surface area contributed by atoms with E-state index in [1.54, 1.807) is 0 Å². The number of nitrogens with one attached hydrogen (secondary N) is 1. The van der Waals surface area contributed by atoms with Crippen LogP contribution in [0.1, 0.15) is 31.0 Å². The molecule has 2 N–H and O–H groups in total. The molecule has 28 heavy (non-hydrogen) atoms. The summed E-state index contributed by atoms with van der Waals surface area (Å²) in [6.07, 6.45) is 1.30. The number of fused-ring (bicyclic) bond motifs is 1. The number of ether oxygens (including phenoxy) is 1. The lowest BCUT2D eigenvalue weighted by Crippen LogP contribution is -2.44. The van der Waals surface area contributed by atoms with E-state index in [0.717, 1.165) is 45.2 Å². The number of carboxylic acids is 1. The van der Waals surface area contributed by atoms with Gasteiger partial charge in [0, 0.05) is 6.54 Å². The summed E-state index contributed by atoms with van der Waals surface area (Å²) in [7, 11) is 0. The number of hydrogen-bond donors (Lipinski definition) is 2. The van der Waals surface area contributed by atoms with Crippen molar-refractivity contribution in [1.82, 2.24) is 19.6 Å². The van der Waals surface area contributed by atoms with Crippen molar-refractivity contribution < 1.29 is 14.6 Å². The number of pyridine rings is 1. The smallest absolute Gasteiger partial charge is 0.314 e. The zero-order chi connectivity index (χ0) is 19.5. The van der Waals surface area contributed by atoms with Crippen molar-refractivity contribution in [2.75, 3.05) is 24.7 Å².